The first-order valence-corrected chi connectivity index (χ1v) is 5.51. The van der Waals surface area contributed by atoms with Crippen LogP contribution in [0.25, 0.3) is 0 Å². The van der Waals surface area contributed by atoms with Gasteiger partial charge in [0.05, 0.1) is 6.33 Å². The van der Waals surface area contributed by atoms with Crippen LogP contribution in [0.5, 0.6) is 0 Å². The zero-order chi connectivity index (χ0) is 10.9. The van der Waals surface area contributed by atoms with Crippen LogP contribution in [0.4, 0.5) is 0 Å². The summed E-state index contributed by atoms with van der Waals surface area (Å²) in [6.07, 6.45) is 7.95. The van der Waals surface area contributed by atoms with Gasteiger partial charge in [-0.25, -0.2) is 4.98 Å². The fraction of sp³-hybridized carbons (Fsp3) is 0.727. The lowest BCUT2D eigenvalue weighted by atomic mass is 10.3. The number of unbranched alkanes of at least 4 members (excludes halogenated alkanes) is 1. The van der Waals surface area contributed by atoms with E-state index in [-0.39, 0.29) is 0 Å². The summed E-state index contributed by atoms with van der Waals surface area (Å²) in [5.41, 5.74) is 0. The minimum Gasteiger partial charge on any atom is -0.385 e. The third kappa shape index (κ3) is 5.54. The lowest BCUT2D eigenvalue weighted by molar-refractivity contribution is 0.192. The Kier molecular flexibility index (Phi) is 6.04. The quantitative estimate of drug-likeness (QED) is 0.659. The van der Waals surface area contributed by atoms with Crippen molar-refractivity contribution in [1.29, 1.82) is 0 Å². The highest BCUT2D eigenvalue weighted by Crippen LogP contribution is 1.93. The molecule has 0 aromatic carbocycles. The Balaban J connectivity index is 2.01. The van der Waals surface area contributed by atoms with E-state index in [9.17, 15) is 0 Å². The fourth-order valence-corrected chi connectivity index (χ4v) is 1.50. The molecule has 1 heterocycles. The van der Waals surface area contributed by atoms with E-state index in [0.717, 1.165) is 26.1 Å². The molecule has 1 rings (SSSR count). The molecule has 4 heteroatoms. The second-order valence-corrected chi connectivity index (χ2v) is 3.81. The first kappa shape index (κ1) is 12.2. The van der Waals surface area contributed by atoms with Gasteiger partial charge in [0.2, 0.25) is 0 Å². The molecule has 0 amide bonds. The Hall–Kier alpha value is -0.870. The van der Waals surface area contributed by atoms with Crippen LogP contribution in [-0.4, -0.2) is 35.9 Å². The maximum Gasteiger partial charge on any atom is 0.0946 e. The van der Waals surface area contributed by atoms with Gasteiger partial charge in [-0.15, -0.1) is 0 Å². The average molecular weight is 211 g/mol. The second kappa shape index (κ2) is 7.43. The van der Waals surface area contributed by atoms with E-state index in [1.165, 1.54) is 6.42 Å². The molecule has 0 radical (unpaired) electrons. The standard InChI is InChI=1S/C11H21N3O/c1-11(9-14-7-6-12-10-14)13-5-3-4-8-15-2/h6-7,10-11,13H,3-5,8-9H2,1-2H3. The Labute approximate surface area is 91.7 Å². The van der Waals surface area contributed by atoms with Crippen molar-refractivity contribution in [2.45, 2.75) is 32.4 Å². The van der Waals surface area contributed by atoms with E-state index in [1.807, 2.05) is 18.7 Å². The number of nitrogens with zero attached hydrogens (tertiary/aromatic N) is 2. The van der Waals surface area contributed by atoms with Crippen molar-refractivity contribution in [2.75, 3.05) is 20.3 Å². The van der Waals surface area contributed by atoms with Crippen molar-refractivity contribution in [3.63, 3.8) is 0 Å². The molecule has 1 N–H and O–H groups in total. The van der Waals surface area contributed by atoms with Gasteiger partial charge in [-0.1, -0.05) is 0 Å². The van der Waals surface area contributed by atoms with Gasteiger partial charge in [0.15, 0.2) is 0 Å². The highest BCUT2D eigenvalue weighted by Gasteiger charge is 2.00. The van der Waals surface area contributed by atoms with Gasteiger partial charge in [0.25, 0.3) is 0 Å². The van der Waals surface area contributed by atoms with Crippen molar-refractivity contribution >= 4 is 0 Å². The van der Waals surface area contributed by atoms with Crippen LogP contribution in [-0.2, 0) is 11.3 Å². The van der Waals surface area contributed by atoms with Gasteiger partial charge in [-0.2, -0.15) is 0 Å². The van der Waals surface area contributed by atoms with E-state index in [4.69, 9.17) is 4.74 Å². The monoisotopic (exact) mass is 211 g/mol. The van der Waals surface area contributed by atoms with Gasteiger partial charge in [0, 0.05) is 38.7 Å². The number of ether oxygens (including phenoxy) is 1. The van der Waals surface area contributed by atoms with Crippen LogP contribution in [0.2, 0.25) is 0 Å². The van der Waals surface area contributed by atoms with Crippen LogP contribution < -0.4 is 5.32 Å². The number of aromatic nitrogens is 2. The molecule has 15 heavy (non-hydrogen) atoms. The summed E-state index contributed by atoms with van der Waals surface area (Å²) >= 11 is 0. The number of nitrogens with one attached hydrogen (secondary N) is 1. The summed E-state index contributed by atoms with van der Waals surface area (Å²) < 4.78 is 7.08. The summed E-state index contributed by atoms with van der Waals surface area (Å²) in [4.78, 5) is 4.01. The molecule has 1 aromatic rings. The molecule has 1 aromatic heterocycles. The van der Waals surface area contributed by atoms with Crippen LogP contribution in [0.3, 0.4) is 0 Å². The van der Waals surface area contributed by atoms with Gasteiger partial charge in [0.1, 0.15) is 0 Å². The average Bonchev–Trinajstić information content (AvgIpc) is 2.70. The molecule has 0 bridgehead atoms. The third-order valence-corrected chi connectivity index (χ3v) is 2.31. The Morgan fingerprint density at radius 2 is 2.33 bits per heavy atom. The minimum absolute atomic E-state index is 0.488. The normalized spacial score (nSPS) is 12.9. The van der Waals surface area contributed by atoms with E-state index in [0.29, 0.717) is 6.04 Å². The van der Waals surface area contributed by atoms with Gasteiger partial charge >= 0.3 is 0 Å². The smallest absolute Gasteiger partial charge is 0.0946 e. The van der Waals surface area contributed by atoms with Gasteiger partial charge in [-0.3, -0.25) is 0 Å². The molecule has 0 saturated carbocycles. The highest BCUT2D eigenvalue weighted by atomic mass is 16.5. The number of methoxy groups -OCH3 is 1. The molecule has 1 atom stereocenters. The zero-order valence-corrected chi connectivity index (χ0v) is 9.65. The molecule has 4 nitrogen and oxygen atoms in total. The molecule has 1 unspecified atom stereocenters. The number of rotatable bonds is 8. The van der Waals surface area contributed by atoms with Crippen LogP contribution in [0.15, 0.2) is 18.7 Å². The largest absolute Gasteiger partial charge is 0.385 e. The summed E-state index contributed by atoms with van der Waals surface area (Å²) in [5, 5.41) is 3.48. The van der Waals surface area contributed by atoms with E-state index in [1.54, 1.807) is 7.11 Å². The molecule has 0 spiro atoms. The molecular formula is C11H21N3O. The Morgan fingerprint density at radius 3 is 3.00 bits per heavy atom. The van der Waals surface area contributed by atoms with E-state index in [2.05, 4.69) is 21.8 Å². The summed E-state index contributed by atoms with van der Waals surface area (Å²) in [6.45, 7) is 5.08. The van der Waals surface area contributed by atoms with Crippen molar-refractivity contribution in [2.24, 2.45) is 0 Å². The van der Waals surface area contributed by atoms with Gasteiger partial charge < -0.3 is 14.6 Å². The van der Waals surface area contributed by atoms with Crippen LogP contribution >= 0.6 is 0 Å². The second-order valence-electron chi connectivity index (χ2n) is 3.81. The summed E-state index contributed by atoms with van der Waals surface area (Å²) in [7, 11) is 1.75. The lowest BCUT2D eigenvalue weighted by Gasteiger charge is -2.13. The molecule has 0 aliphatic carbocycles. The molecule has 0 saturated heterocycles. The highest BCUT2D eigenvalue weighted by molar-refractivity contribution is 4.76. The Bertz CT molecular complexity index is 236. The van der Waals surface area contributed by atoms with Gasteiger partial charge in [-0.05, 0) is 26.3 Å². The van der Waals surface area contributed by atoms with Crippen LogP contribution in [0.1, 0.15) is 19.8 Å². The topological polar surface area (TPSA) is 39.1 Å². The maximum atomic E-state index is 4.99. The first-order chi connectivity index (χ1) is 7.33. The molecule has 0 fully saturated rings. The summed E-state index contributed by atoms with van der Waals surface area (Å²) in [6, 6.07) is 0.488. The fourth-order valence-electron chi connectivity index (χ4n) is 1.50. The molecule has 0 aliphatic rings. The predicted molar refractivity (Wildman–Crippen MR) is 60.8 cm³/mol. The lowest BCUT2D eigenvalue weighted by Crippen LogP contribution is -2.30. The van der Waals surface area contributed by atoms with Crippen LogP contribution in [0, 0.1) is 0 Å². The van der Waals surface area contributed by atoms with E-state index < -0.39 is 0 Å². The third-order valence-electron chi connectivity index (χ3n) is 2.31. The van der Waals surface area contributed by atoms with Crippen molar-refractivity contribution in [3.8, 4) is 0 Å². The number of imidazole rings is 1. The van der Waals surface area contributed by atoms with E-state index >= 15 is 0 Å². The van der Waals surface area contributed by atoms with Crippen molar-refractivity contribution in [1.82, 2.24) is 14.9 Å². The predicted octanol–water partition coefficient (Wildman–Crippen LogP) is 1.29. The number of hydrogen-bond acceptors (Lipinski definition) is 3. The Morgan fingerprint density at radius 1 is 1.47 bits per heavy atom. The maximum absolute atomic E-state index is 4.99. The van der Waals surface area contributed by atoms with Crippen molar-refractivity contribution < 1.29 is 4.74 Å². The zero-order valence-electron chi connectivity index (χ0n) is 9.65. The molecular weight excluding hydrogens is 190 g/mol. The summed E-state index contributed by atoms with van der Waals surface area (Å²) in [5.74, 6) is 0. The minimum atomic E-state index is 0.488. The first-order valence-electron chi connectivity index (χ1n) is 5.51. The molecule has 0 aliphatic heterocycles. The molecule has 86 valence electrons. The van der Waals surface area contributed by atoms with Crippen molar-refractivity contribution in [3.05, 3.63) is 18.7 Å². The number of hydrogen-bond donors (Lipinski definition) is 1. The SMILES string of the molecule is COCCCCNC(C)Cn1ccnc1.